The van der Waals surface area contributed by atoms with Gasteiger partial charge in [0.2, 0.25) is 11.9 Å². The third-order valence-electron chi connectivity index (χ3n) is 5.23. The molecule has 7 nitrogen and oxygen atoms in total. The number of rotatable bonds is 8. The molecule has 1 aliphatic rings. The van der Waals surface area contributed by atoms with Gasteiger partial charge in [0.1, 0.15) is 23.0 Å². The first-order valence-electron chi connectivity index (χ1n) is 10.7. The van der Waals surface area contributed by atoms with Gasteiger partial charge in [-0.3, -0.25) is 4.79 Å². The summed E-state index contributed by atoms with van der Waals surface area (Å²) in [5, 5.41) is 0. The van der Waals surface area contributed by atoms with E-state index in [-0.39, 0.29) is 18.1 Å². The van der Waals surface area contributed by atoms with Crippen LogP contribution >= 0.6 is 0 Å². The van der Waals surface area contributed by atoms with Crippen LogP contribution in [0.15, 0.2) is 72.5 Å². The van der Waals surface area contributed by atoms with Gasteiger partial charge in [0.05, 0.1) is 26.4 Å². The van der Waals surface area contributed by atoms with Crippen LogP contribution in [0.2, 0.25) is 0 Å². The largest absolute Gasteiger partial charge is 0.497 e. The quantitative estimate of drug-likeness (QED) is 0.346. The minimum Gasteiger partial charge on any atom is -0.497 e. The first kappa shape index (κ1) is 22.9. The molecule has 174 valence electrons. The van der Waals surface area contributed by atoms with E-state index in [0.717, 1.165) is 0 Å². The molecule has 0 amide bonds. The predicted molar refractivity (Wildman–Crippen MR) is 125 cm³/mol. The van der Waals surface area contributed by atoms with Crippen molar-refractivity contribution in [2.45, 2.75) is 13.0 Å². The van der Waals surface area contributed by atoms with E-state index < -0.39 is 12.1 Å². The summed E-state index contributed by atoms with van der Waals surface area (Å²) < 4.78 is 27.6. The van der Waals surface area contributed by atoms with E-state index in [2.05, 4.69) is 0 Å². The van der Waals surface area contributed by atoms with Crippen LogP contribution in [0.25, 0.3) is 6.08 Å². The Labute approximate surface area is 197 Å². The lowest BCUT2D eigenvalue weighted by atomic mass is 10.1. The molecule has 1 atom stereocenters. The summed E-state index contributed by atoms with van der Waals surface area (Å²) in [4.78, 5) is 25.4. The number of esters is 1. The molecule has 0 unspecified atom stereocenters. The fourth-order valence-electron chi connectivity index (χ4n) is 3.55. The zero-order valence-corrected chi connectivity index (χ0v) is 19.1. The van der Waals surface area contributed by atoms with Gasteiger partial charge in [-0.1, -0.05) is 30.3 Å². The van der Waals surface area contributed by atoms with Crippen molar-refractivity contribution in [1.82, 2.24) is 0 Å². The molecule has 0 saturated heterocycles. The van der Waals surface area contributed by atoms with Crippen LogP contribution < -0.4 is 18.9 Å². The second-order valence-electron chi connectivity index (χ2n) is 7.37. The number of hydrogen-bond donors (Lipinski definition) is 0. The van der Waals surface area contributed by atoms with E-state index in [1.807, 2.05) is 18.2 Å². The number of hydrogen-bond acceptors (Lipinski definition) is 7. The van der Waals surface area contributed by atoms with Crippen molar-refractivity contribution < 1.29 is 33.3 Å². The Balaban J connectivity index is 1.60. The van der Waals surface area contributed by atoms with Gasteiger partial charge in [-0.15, -0.1) is 0 Å². The molecule has 3 aromatic carbocycles. The second-order valence-corrected chi connectivity index (χ2v) is 7.37. The smallest absolute Gasteiger partial charge is 0.352 e. The second kappa shape index (κ2) is 10.1. The van der Waals surface area contributed by atoms with Gasteiger partial charge in [-0.2, -0.15) is 0 Å². The van der Waals surface area contributed by atoms with E-state index in [0.29, 0.717) is 39.7 Å². The van der Waals surface area contributed by atoms with E-state index in [1.54, 1.807) is 75.8 Å². The van der Waals surface area contributed by atoms with Gasteiger partial charge in [0, 0.05) is 23.3 Å². The fraction of sp³-hybridized carbons (Fsp3) is 0.185. The molecule has 34 heavy (non-hydrogen) atoms. The number of carbonyl (C=O) groups is 2. The maximum Gasteiger partial charge on any atom is 0.352 e. The Morgan fingerprint density at radius 3 is 2.44 bits per heavy atom. The average Bonchev–Trinajstić information content (AvgIpc) is 3.17. The third-order valence-corrected chi connectivity index (χ3v) is 5.23. The minimum atomic E-state index is -0.949. The number of carbonyl (C=O) groups excluding carboxylic acids is 2. The summed E-state index contributed by atoms with van der Waals surface area (Å²) in [5.74, 6) is 1.29. The number of ketones is 1. The maximum atomic E-state index is 12.9. The first-order chi connectivity index (χ1) is 16.5. The highest BCUT2D eigenvalue weighted by Crippen LogP contribution is 2.37. The molecule has 4 rings (SSSR count). The monoisotopic (exact) mass is 460 g/mol. The highest BCUT2D eigenvalue weighted by atomic mass is 16.6. The predicted octanol–water partition coefficient (Wildman–Crippen LogP) is 5.00. The fourth-order valence-corrected chi connectivity index (χ4v) is 3.55. The Hall–Kier alpha value is -4.26. The maximum absolute atomic E-state index is 12.9. The van der Waals surface area contributed by atoms with Gasteiger partial charge in [-0.05, 0) is 37.3 Å². The number of Topliss-reactive ketones (excluding diaryl/α,β-unsaturated/α-hetero) is 1. The topological polar surface area (TPSA) is 80.3 Å². The van der Waals surface area contributed by atoms with Crippen molar-refractivity contribution in [3.05, 3.63) is 89.2 Å². The molecule has 1 heterocycles. The van der Waals surface area contributed by atoms with Gasteiger partial charge >= 0.3 is 5.97 Å². The zero-order chi connectivity index (χ0) is 24.1. The number of benzene rings is 3. The lowest BCUT2D eigenvalue weighted by Crippen LogP contribution is -2.21. The minimum absolute atomic E-state index is 0.153. The molecule has 0 fully saturated rings. The molecule has 0 aromatic heterocycles. The molecular formula is C27H24O7. The van der Waals surface area contributed by atoms with Crippen molar-refractivity contribution in [1.29, 1.82) is 0 Å². The molecule has 1 aliphatic heterocycles. The average molecular weight is 460 g/mol. The lowest BCUT2D eigenvalue weighted by molar-refractivity contribution is -0.151. The number of allylic oxidation sites excluding steroid dienone is 1. The summed E-state index contributed by atoms with van der Waals surface area (Å²) in [6.07, 6.45) is 0.668. The van der Waals surface area contributed by atoms with Crippen molar-refractivity contribution in [3.63, 3.8) is 0 Å². The normalized spacial score (nSPS) is 14.2. The molecule has 7 heteroatoms. The van der Waals surface area contributed by atoms with Crippen molar-refractivity contribution in [2.24, 2.45) is 0 Å². The highest BCUT2D eigenvalue weighted by molar-refractivity contribution is 6.14. The Morgan fingerprint density at radius 1 is 0.971 bits per heavy atom. The van der Waals surface area contributed by atoms with Gasteiger partial charge in [0.25, 0.3) is 0 Å². The Morgan fingerprint density at radius 2 is 1.74 bits per heavy atom. The first-order valence-corrected chi connectivity index (χ1v) is 10.7. The van der Waals surface area contributed by atoms with Gasteiger partial charge < -0.3 is 23.7 Å². The van der Waals surface area contributed by atoms with Crippen molar-refractivity contribution in [2.75, 3.05) is 20.8 Å². The molecule has 0 saturated carbocycles. The zero-order valence-electron chi connectivity index (χ0n) is 19.1. The summed E-state index contributed by atoms with van der Waals surface area (Å²) in [6, 6.07) is 19.2. The van der Waals surface area contributed by atoms with Gasteiger partial charge in [-0.25, -0.2) is 4.79 Å². The standard InChI is InChI=1S/C27H24O7/c1-4-32-27(29)26(17-8-6-5-7-9-17)33-20-12-13-21-23(16-20)34-24(25(21)28)14-18-10-11-19(30-2)15-22(18)31-3/h5-16,26H,4H2,1-3H3/b24-14-/t26-/m0/s1. The van der Waals surface area contributed by atoms with E-state index in [9.17, 15) is 9.59 Å². The molecule has 0 bridgehead atoms. The SMILES string of the molecule is CCOC(=O)[C@@H](Oc1ccc2c(c1)O/C(=C\c1ccc(OC)cc1OC)C2=O)c1ccccc1. The summed E-state index contributed by atoms with van der Waals surface area (Å²) in [6.45, 7) is 1.97. The lowest BCUT2D eigenvalue weighted by Gasteiger charge is -2.18. The molecule has 0 radical (unpaired) electrons. The van der Waals surface area contributed by atoms with Crippen LogP contribution in [0.5, 0.6) is 23.0 Å². The van der Waals surface area contributed by atoms with Crippen LogP contribution in [-0.2, 0) is 9.53 Å². The Bertz CT molecular complexity index is 1230. The van der Waals surface area contributed by atoms with E-state index in [1.165, 1.54) is 0 Å². The van der Waals surface area contributed by atoms with E-state index in [4.69, 9.17) is 23.7 Å². The summed E-state index contributed by atoms with van der Waals surface area (Å²) in [7, 11) is 3.11. The summed E-state index contributed by atoms with van der Waals surface area (Å²) in [5.41, 5.74) is 1.73. The molecule has 0 aliphatic carbocycles. The molecule has 0 N–H and O–H groups in total. The van der Waals surface area contributed by atoms with Crippen molar-refractivity contribution in [3.8, 4) is 23.0 Å². The highest BCUT2D eigenvalue weighted by Gasteiger charge is 2.30. The van der Waals surface area contributed by atoms with Crippen LogP contribution in [-0.4, -0.2) is 32.6 Å². The molecule has 3 aromatic rings. The summed E-state index contributed by atoms with van der Waals surface area (Å²) >= 11 is 0. The third kappa shape index (κ3) is 4.73. The van der Waals surface area contributed by atoms with Gasteiger partial charge in [0.15, 0.2) is 5.76 Å². The molecule has 0 spiro atoms. The van der Waals surface area contributed by atoms with Crippen LogP contribution in [0.3, 0.4) is 0 Å². The van der Waals surface area contributed by atoms with E-state index >= 15 is 0 Å². The van der Waals surface area contributed by atoms with Crippen LogP contribution in [0, 0.1) is 0 Å². The molecular weight excluding hydrogens is 436 g/mol. The number of methoxy groups -OCH3 is 2. The Kier molecular flexibility index (Phi) is 6.82. The van der Waals surface area contributed by atoms with Crippen LogP contribution in [0.4, 0.5) is 0 Å². The number of fused-ring (bicyclic) bond motifs is 1. The van der Waals surface area contributed by atoms with Crippen molar-refractivity contribution >= 4 is 17.8 Å². The number of ether oxygens (including phenoxy) is 5. The van der Waals surface area contributed by atoms with Crippen LogP contribution in [0.1, 0.15) is 34.5 Å².